The lowest BCUT2D eigenvalue weighted by molar-refractivity contribution is -0.144. The number of nitrogens with zero attached hydrogens (tertiary/aromatic N) is 5. The minimum atomic E-state index is -0.949. The lowest BCUT2D eigenvalue weighted by atomic mass is 9.71. The topological polar surface area (TPSA) is 226 Å². The van der Waals surface area contributed by atoms with Crippen LogP contribution >= 0.6 is 11.3 Å². The van der Waals surface area contributed by atoms with Gasteiger partial charge in [-0.15, -0.1) is 11.3 Å². The van der Waals surface area contributed by atoms with Crippen molar-refractivity contribution in [3.05, 3.63) is 130 Å². The molecule has 5 aromatic rings. The Labute approximate surface area is 472 Å². The molecule has 428 valence electrons. The number of carbonyl (C=O) groups excluding carboxylic acids is 6. The summed E-state index contributed by atoms with van der Waals surface area (Å²) in [6.07, 6.45) is 2.57. The molecule has 3 aliphatic rings. The van der Waals surface area contributed by atoms with E-state index in [9.17, 15) is 33.9 Å². The summed E-state index contributed by atoms with van der Waals surface area (Å²) in [6, 6.07) is 25.3. The second kappa shape index (κ2) is 27.1. The van der Waals surface area contributed by atoms with Gasteiger partial charge in [0.05, 0.1) is 73.8 Å². The Hall–Kier alpha value is -6.81. The summed E-state index contributed by atoms with van der Waals surface area (Å²) in [4.78, 5) is 90.0. The normalized spacial score (nSPS) is 17.1. The number of hydrogen-bond acceptors (Lipinski definition) is 13. The highest BCUT2D eigenvalue weighted by molar-refractivity contribution is 7.13. The fourth-order valence-electron chi connectivity index (χ4n) is 10.5. The number of aromatic nitrogens is 2. The number of benzene rings is 3. The highest BCUT2D eigenvalue weighted by Crippen LogP contribution is 2.49. The van der Waals surface area contributed by atoms with Gasteiger partial charge in [0.25, 0.3) is 11.8 Å². The minimum absolute atomic E-state index is 0.00127. The van der Waals surface area contributed by atoms with Gasteiger partial charge >= 0.3 is 0 Å². The van der Waals surface area contributed by atoms with Crippen molar-refractivity contribution in [1.82, 2.24) is 40.2 Å². The van der Waals surface area contributed by atoms with Crippen LogP contribution in [0.3, 0.4) is 0 Å². The van der Waals surface area contributed by atoms with Crippen LogP contribution < -0.4 is 21.3 Å². The van der Waals surface area contributed by atoms with Gasteiger partial charge in [0.15, 0.2) is 0 Å². The molecule has 6 amide bonds. The number of amides is 6. The monoisotopic (exact) mass is 1120 g/mol. The first-order valence-electron chi connectivity index (χ1n) is 27.6. The summed E-state index contributed by atoms with van der Waals surface area (Å²) in [5, 5.41) is 22.3. The van der Waals surface area contributed by atoms with E-state index in [4.69, 9.17) is 14.2 Å². The zero-order valence-electron chi connectivity index (χ0n) is 46.9. The minimum Gasteiger partial charge on any atom is -0.391 e. The lowest BCUT2D eigenvalue weighted by Crippen LogP contribution is -2.57. The van der Waals surface area contributed by atoms with E-state index in [1.54, 1.807) is 30.3 Å². The van der Waals surface area contributed by atoms with Crippen LogP contribution in [0, 0.1) is 12.3 Å². The molecule has 2 aliphatic heterocycles. The molecule has 80 heavy (non-hydrogen) atoms. The first-order valence-corrected chi connectivity index (χ1v) is 28.5. The van der Waals surface area contributed by atoms with Gasteiger partial charge in [-0.05, 0) is 90.3 Å². The third kappa shape index (κ3) is 14.9. The largest absolute Gasteiger partial charge is 0.391 e. The average Bonchev–Trinajstić information content (AvgIpc) is 4.25. The number of carbonyl (C=O) groups is 6. The maximum absolute atomic E-state index is 14.0. The number of hydrogen-bond donors (Lipinski definition) is 5. The standard InChI is InChI=1S/C60H77N9O10S/c1-40-53(80-39-63-40)44-14-8-41(9-15-44)35-62-56(74)49-34-47(70)38-69(49)58(76)54(59(2,3)4)65-52(72)23-29-78-31-33-79-32-30-77-28-22-51(71)64-46-18-12-42(13-19-46)36-61-55(73)48-20-21-50-60(24-7-25-60)67(26-27-68(48)50)37-43-10-16-45(17-11-43)57(75)66(5)6/h8-21,39,47,49,54,70H,7,22-38H2,1-6H3,(H,61,73)(H,62,74)(H,64,71)(H,65,72)/t47-,49+,54-/m1/s1. The predicted molar refractivity (Wildman–Crippen MR) is 304 cm³/mol. The van der Waals surface area contributed by atoms with Gasteiger partial charge in [-0.2, -0.15) is 0 Å². The summed E-state index contributed by atoms with van der Waals surface area (Å²) in [5.41, 5.74) is 9.10. The van der Waals surface area contributed by atoms with E-state index < -0.39 is 29.5 Å². The highest BCUT2D eigenvalue weighted by Gasteiger charge is 2.49. The number of rotatable bonds is 25. The molecule has 4 heterocycles. The number of nitrogens with one attached hydrogen (secondary N) is 4. The Bertz CT molecular complexity index is 2930. The van der Waals surface area contributed by atoms with Crippen LogP contribution in [0.5, 0.6) is 0 Å². The van der Waals surface area contributed by atoms with Crippen molar-refractivity contribution in [1.29, 1.82) is 0 Å². The number of likely N-dealkylation sites (tertiary alicyclic amines) is 1. The van der Waals surface area contributed by atoms with Crippen molar-refractivity contribution in [3.8, 4) is 10.4 Å². The van der Waals surface area contributed by atoms with E-state index in [0.29, 0.717) is 30.0 Å². The first-order chi connectivity index (χ1) is 38.4. The first kappa shape index (κ1) is 59.3. The van der Waals surface area contributed by atoms with Gasteiger partial charge in [-0.1, -0.05) is 69.3 Å². The zero-order chi connectivity index (χ0) is 57.0. The van der Waals surface area contributed by atoms with Crippen molar-refractivity contribution in [2.45, 2.75) is 116 Å². The van der Waals surface area contributed by atoms with Crippen molar-refractivity contribution < 1.29 is 48.1 Å². The molecule has 1 spiro atoms. The van der Waals surface area contributed by atoms with Crippen LogP contribution in [-0.2, 0) is 65.1 Å². The quantitative estimate of drug-likeness (QED) is 0.0423. The molecule has 1 saturated heterocycles. The molecule has 5 N–H and O–H groups in total. The lowest BCUT2D eigenvalue weighted by Gasteiger charge is -2.53. The van der Waals surface area contributed by atoms with Crippen LogP contribution in [0.2, 0.25) is 0 Å². The van der Waals surface area contributed by atoms with Crippen molar-refractivity contribution >= 4 is 52.5 Å². The molecule has 1 aliphatic carbocycles. The molecule has 1 saturated carbocycles. The number of ether oxygens (including phenoxy) is 3. The molecule has 8 rings (SSSR count). The number of aliphatic hydroxyl groups is 1. The van der Waals surface area contributed by atoms with Crippen LogP contribution in [0.1, 0.15) is 108 Å². The highest BCUT2D eigenvalue weighted by atomic mass is 32.1. The SMILES string of the molecule is Cc1ncsc1-c1ccc(CNC(=O)[C@@H]2C[C@@H](O)CN2C(=O)[C@@H](NC(=O)CCOCCOCCOCCC(=O)Nc2ccc(CNC(=O)c3ccc4n3CCN(Cc3ccc(C(=O)N(C)C)cc3)C43CCC3)cc2)C(C)(C)C)cc1. The van der Waals surface area contributed by atoms with E-state index in [0.717, 1.165) is 65.2 Å². The summed E-state index contributed by atoms with van der Waals surface area (Å²) in [5.74, 6) is -1.54. The molecule has 2 fully saturated rings. The maximum atomic E-state index is 14.0. The van der Waals surface area contributed by atoms with E-state index in [1.165, 1.54) is 10.6 Å². The summed E-state index contributed by atoms with van der Waals surface area (Å²) >= 11 is 1.57. The van der Waals surface area contributed by atoms with E-state index in [-0.39, 0.29) is 107 Å². The fraction of sp³-hybridized carbons (Fsp3) is 0.483. The zero-order valence-corrected chi connectivity index (χ0v) is 47.7. The number of β-amino-alcohol motifs (C(OH)–C–C–N with tert-alkyl or cyclic N) is 1. The van der Waals surface area contributed by atoms with Gasteiger partial charge in [0.2, 0.25) is 23.6 Å². The van der Waals surface area contributed by atoms with Crippen LogP contribution in [0.4, 0.5) is 5.69 Å². The number of anilines is 1. The van der Waals surface area contributed by atoms with Crippen LogP contribution in [-0.4, -0.2) is 150 Å². The molecule has 3 aromatic carbocycles. The smallest absolute Gasteiger partial charge is 0.268 e. The van der Waals surface area contributed by atoms with Crippen LogP contribution in [0.15, 0.2) is 90.4 Å². The Morgan fingerprint density at radius 2 is 1.39 bits per heavy atom. The summed E-state index contributed by atoms with van der Waals surface area (Å²) < 4.78 is 19.0. The Morgan fingerprint density at radius 3 is 1.99 bits per heavy atom. The third-order valence-corrected chi connectivity index (χ3v) is 16.1. The van der Waals surface area contributed by atoms with E-state index >= 15 is 0 Å². The van der Waals surface area contributed by atoms with Gasteiger partial charge < -0.3 is 55.0 Å². The molecule has 0 radical (unpaired) electrons. The Morgan fingerprint density at radius 1 is 0.775 bits per heavy atom. The second-order valence-corrected chi connectivity index (χ2v) is 23.0. The van der Waals surface area contributed by atoms with Gasteiger partial charge in [0, 0.05) is 83.2 Å². The number of fused-ring (bicyclic) bond motifs is 2. The molecular weight excluding hydrogens is 1040 g/mol. The fourth-order valence-corrected chi connectivity index (χ4v) is 11.4. The van der Waals surface area contributed by atoms with Gasteiger partial charge in [-0.25, -0.2) is 4.98 Å². The summed E-state index contributed by atoms with van der Waals surface area (Å²) in [7, 11) is 3.51. The van der Waals surface area contributed by atoms with Crippen molar-refractivity contribution in [2.24, 2.45) is 5.41 Å². The maximum Gasteiger partial charge on any atom is 0.268 e. The summed E-state index contributed by atoms with van der Waals surface area (Å²) in [6.45, 7) is 11.7. The average molecular weight is 1120 g/mol. The van der Waals surface area contributed by atoms with Crippen molar-refractivity contribution in [3.63, 3.8) is 0 Å². The third-order valence-electron chi connectivity index (χ3n) is 15.1. The molecule has 19 nitrogen and oxygen atoms in total. The molecule has 2 aromatic heterocycles. The Kier molecular flexibility index (Phi) is 20.1. The van der Waals surface area contributed by atoms with Gasteiger partial charge in [0.1, 0.15) is 17.8 Å². The van der Waals surface area contributed by atoms with Gasteiger partial charge in [-0.3, -0.25) is 33.7 Å². The number of thiazole rings is 1. The number of aliphatic hydroxyl groups excluding tert-OH is 1. The van der Waals surface area contributed by atoms with E-state index in [1.807, 2.05) is 112 Å². The molecule has 0 bridgehead atoms. The van der Waals surface area contributed by atoms with Crippen molar-refractivity contribution in [2.75, 3.05) is 72.1 Å². The second-order valence-electron chi connectivity index (χ2n) is 22.2. The molecular formula is C60H77N9O10S. The molecule has 0 unspecified atom stereocenters. The Balaban J connectivity index is 0.666. The van der Waals surface area contributed by atoms with E-state index in [2.05, 4.69) is 41.8 Å². The molecule has 3 atom stereocenters. The number of aryl methyl sites for hydroxylation is 1. The molecule has 20 heteroatoms. The predicted octanol–water partition coefficient (Wildman–Crippen LogP) is 6.02. The van der Waals surface area contributed by atoms with Crippen LogP contribution in [0.25, 0.3) is 10.4 Å².